The summed E-state index contributed by atoms with van der Waals surface area (Å²) in [6.07, 6.45) is 1.22. The lowest BCUT2D eigenvalue weighted by atomic mass is 10.2. The van der Waals surface area contributed by atoms with E-state index in [1.165, 1.54) is 37.7 Å². The maximum Gasteiger partial charge on any atom is 0.373 e. The van der Waals surface area contributed by atoms with E-state index in [0.29, 0.717) is 24.4 Å². The normalized spacial score (nSPS) is 10.2. The van der Waals surface area contributed by atoms with E-state index >= 15 is 0 Å². The van der Waals surface area contributed by atoms with Crippen LogP contribution in [0.3, 0.4) is 0 Å². The van der Waals surface area contributed by atoms with Crippen LogP contribution in [0.25, 0.3) is 0 Å². The minimum Gasteiger partial charge on any atom is -0.465 e. The van der Waals surface area contributed by atoms with E-state index in [1.54, 1.807) is 4.90 Å². The lowest BCUT2D eigenvalue weighted by Crippen LogP contribution is -2.24. The smallest absolute Gasteiger partial charge is 0.373 e. The van der Waals surface area contributed by atoms with Crippen molar-refractivity contribution in [3.05, 3.63) is 46.3 Å². The average molecular weight is 346 g/mol. The number of rotatable bonds is 7. The van der Waals surface area contributed by atoms with Gasteiger partial charge in [-0.1, -0.05) is 0 Å². The summed E-state index contributed by atoms with van der Waals surface area (Å²) in [5.74, 6) is -0.137. The van der Waals surface area contributed by atoms with E-state index in [9.17, 15) is 14.9 Å². The van der Waals surface area contributed by atoms with Gasteiger partial charge in [-0.25, -0.2) is 9.78 Å². The summed E-state index contributed by atoms with van der Waals surface area (Å²) in [5, 5.41) is 11.5. The van der Waals surface area contributed by atoms with Gasteiger partial charge in [-0.2, -0.15) is 4.98 Å². The molecule has 0 unspecified atom stereocenters. The molecule has 0 atom stereocenters. The Hall–Kier alpha value is -3.23. The Morgan fingerprint density at radius 1 is 1.20 bits per heavy atom. The van der Waals surface area contributed by atoms with Crippen molar-refractivity contribution in [3.63, 3.8) is 0 Å². The molecule has 0 N–H and O–H groups in total. The van der Waals surface area contributed by atoms with E-state index in [1.807, 2.05) is 13.8 Å². The third kappa shape index (κ3) is 4.00. The molecule has 0 saturated carbocycles. The van der Waals surface area contributed by atoms with Crippen molar-refractivity contribution in [3.8, 4) is 11.6 Å². The molecular formula is C16H18N4O5. The summed E-state index contributed by atoms with van der Waals surface area (Å²) >= 11 is 0. The summed E-state index contributed by atoms with van der Waals surface area (Å²) in [6.45, 7) is 4.87. The predicted octanol–water partition coefficient (Wildman–Crippen LogP) is 2.81. The molecule has 0 saturated heterocycles. The summed E-state index contributed by atoms with van der Waals surface area (Å²) in [5.41, 5.74) is 0.0408. The van der Waals surface area contributed by atoms with E-state index in [4.69, 9.17) is 4.74 Å². The number of ether oxygens (including phenoxy) is 2. The molecule has 9 heteroatoms. The summed E-state index contributed by atoms with van der Waals surface area (Å²) in [7, 11) is 1.28. The van der Waals surface area contributed by atoms with Crippen LogP contribution in [0.4, 0.5) is 11.5 Å². The number of carbonyl (C=O) groups excluding carboxylic acids is 1. The minimum atomic E-state index is -0.564. The van der Waals surface area contributed by atoms with Crippen LogP contribution in [0.2, 0.25) is 0 Å². The first-order valence-corrected chi connectivity index (χ1v) is 7.62. The molecule has 0 aliphatic carbocycles. The van der Waals surface area contributed by atoms with Gasteiger partial charge in [0.25, 0.3) is 0 Å². The zero-order chi connectivity index (χ0) is 18.4. The lowest BCUT2D eigenvalue weighted by molar-refractivity contribution is -0.385. The number of nitrogens with zero attached hydrogens (tertiary/aromatic N) is 4. The van der Waals surface area contributed by atoms with Gasteiger partial charge in [-0.15, -0.1) is 0 Å². The van der Waals surface area contributed by atoms with Gasteiger partial charge in [-0.3, -0.25) is 10.1 Å². The standard InChI is InChI=1S/C16H18N4O5/c1-4-19(5-2)14-13(20(22)23)15(18-10-17-14)25-12-8-6-11(7-9-12)16(21)24-3/h6-10H,4-5H2,1-3H3. The first kappa shape index (κ1) is 18.1. The van der Waals surface area contributed by atoms with E-state index in [-0.39, 0.29) is 17.4 Å². The Kier molecular flexibility index (Phi) is 5.83. The SMILES string of the molecule is CCN(CC)c1ncnc(Oc2ccc(C(=O)OC)cc2)c1[N+](=O)[O-]. The van der Waals surface area contributed by atoms with Crippen molar-refractivity contribution in [2.75, 3.05) is 25.1 Å². The zero-order valence-corrected chi connectivity index (χ0v) is 14.1. The van der Waals surface area contributed by atoms with Crippen LogP contribution in [0, 0.1) is 10.1 Å². The van der Waals surface area contributed by atoms with Crippen LogP contribution in [-0.4, -0.2) is 41.1 Å². The Morgan fingerprint density at radius 3 is 2.36 bits per heavy atom. The van der Waals surface area contributed by atoms with E-state index in [2.05, 4.69) is 14.7 Å². The molecule has 0 radical (unpaired) electrons. The third-order valence-corrected chi connectivity index (χ3v) is 3.50. The summed E-state index contributed by atoms with van der Waals surface area (Å²) in [6, 6.07) is 6.02. The predicted molar refractivity (Wildman–Crippen MR) is 90.1 cm³/mol. The van der Waals surface area contributed by atoms with Crippen molar-refractivity contribution in [1.82, 2.24) is 9.97 Å². The molecule has 1 aromatic heterocycles. The second kappa shape index (κ2) is 8.04. The van der Waals surface area contributed by atoms with Crippen molar-refractivity contribution in [2.45, 2.75) is 13.8 Å². The van der Waals surface area contributed by atoms with Gasteiger partial charge in [0.1, 0.15) is 12.1 Å². The van der Waals surface area contributed by atoms with Crippen LogP contribution < -0.4 is 9.64 Å². The lowest BCUT2D eigenvalue weighted by Gasteiger charge is -2.19. The van der Waals surface area contributed by atoms with Gasteiger partial charge in [-0.05, 0) is 38.1 Å². The van der Waals surface area contributed by atoms with Crippen LogP contribution in [-0.2, 0) is 4.74 Å². The Balaban J connectivity index is 2.37. The fourth-order valence-electron chi connectivity index (χ4n) is 2.23. The topological polar surface area (TPSA) is 108 Å². The molecule has 2 rings (SSSR count). The Bertz CT molecular complexity index is 760. The molecule has 0 bridgehead atoms. The van der Waals surface area contributed by atoms with Crippen LogP contribution in [0.1, 0.15) is 24.2 Å². The van der Waals surface area contributed by atoms with Crippen LogP contribution in [0.15, 0.2) is 30.6 Å². The molecule has 25 heavy (non-hydrogen) atoms. The van der Waals surface area contributed by atoms with Crippen molar-refractivity contribution < 1.29 is 19.2 Å². The maximum absolute atomic E-state index is 11.5. The molecule has 1 heterocycles. The monoisotopic (exact) mass is 346 g/mol. The fourth-order valence-corrected chi connectivity index (χ4v) is 2.23. The van der Waals surface area contributed by atoms with Gasteiger partial charge in [0.05, 0.1) is 17.6 Å². The zero-order valence-electron chi connectivity index (χ0n) is 14.1. The molecule has 2 aromatic rings. The Labute approximate surface area is 144 Å². The highest BCUT2D eigenvalue weighted by atomic mass is 16.6. The number of aromatic nitrogens is 2. The van der Waals surface area contributed by atoms with Crippen molar-refractivity contribution in [1.29, 1.82) is 0 Å². The van der Waals surface area contributed by atoms with Gasteiger partial charge in [0.15, 0.2) is 0 Å². The van der Waals surface area contributed by atoms with Gasteiger partial charge in [0, 0.05) is 13.1 Å². The third-order valence-electron chi connectivity index (χ3n) is 3.50. The van der Waals surface area contributed by atoms with Crippen LogP contribution >= 0.6 is 0 Å². The molecule has 0 spiro atoms. The highest BCUT2D eigenvalue weighted by Gasteiger charge is 2.27. The first-order valence-electron chi connectivity index (χ1n) is 7.62. The average Bonchev–Trinajstić information content (AvgIpc) is 2.62. The fraction of sp³-hybridized carbons (Fsp3) is 0.312. The first-order chi connectivity index (χ1) is 12.0. The summed E-state index contributed by atoms with van der Waals surface area (Å²) in [4.78, 5) is 32.0. The second-order valence-electron chi connectivity index (χ2n) is 4.90. The van der Waals surface area contributed by atoms with Gasteiger partial charge < -0.3 is 14.4 Å². The van der Waals surface area contributed by atoms with Crippen LogP contribution in [0.5, 0.6) is 11.6 Å². The molecule has 0 fully saturated rings. The molecule has 132 valence electrons. The Morgan fingerprint density at radius 2 is 1.84 bits per heavy atom. The largest absolute Gasteiger partial charge is 0.465 e. The number of hydrogen-bond donors (Lipinski definition) is 0. The number of nitro groups is 1. The molecule has 0 amide bonds. The van der Waals surface area contributed by atoms with E-state index < -0.39 is 10.9 Å². The van der Waals surface area contributed by atoms with Gasteiger partial charge in [0.2, 0.25) is 5.82 Å². The summed E-state index contributed by atoms with van der Waals surface area (Å²) < 4.78 is 10.2. The number of esters is 1. The maximum atomic E-state index is 11.5. The molecular weight excluding hydrogens is 328 g/mol. The number of hydrogen-bond acceptors (Lipinski definition) is 8. The quantitative estimate of drug-likeness (QED) is 0.428. The van der Waals surface area contributed by atoms with E-state index in [0.717, 1.165) is 0 Å². The highest BCUT2D eigenvalue weighted by molar-refractivity contribution is 5.89. The highest BCUT2D eigenvalue weighted by Crippen LogP contribution is 2.35. The number of carbonyl (C=O) groups is 1. The number of benzene rings is 1. The minimum absolute atomic E-state index is 0.160. The number of methoxy groups -OCH3 is 1. The molecule has 0 aliphatic rings. The van der Waals surface area contributed by atoms with Gasteiger partial charge >= 0.3 is 17.5 Å². The molecule has 0 aliphatic heterocycles. The van der Waals surface area contributed by atoms with Crippen molar-refractivity contribution in [2.24, 2.45) is 0 Å². The van der Waals surface area contributed by atoms with Crippen molar-refractivity contribution >= 4 is 17.5 Å². The molecule has 1 aromatic carbocycles. The molecule has 9 nitrogen and oxygen atoms in total. The number of anilines is 1. The second-order valence-corrected chi connectivity index (χ2v) is 4.90.